The lowest BCUT2D eigenvalue weighted by atomic mass is 10.0. The first-order chi connectivity index (χ1) is 16.0. The summed E-state index contributed by atoms with van der Waals surface area (Å²) in [7, 11) is 3.93. The Kier molecular flexibility index (Phi) is 7.04. The number of aliphatic hydroxyl groups is 1. The molecule has 1 aliphatic rings. The van der Waals surface area contributed by atoms with E-state index < -0.39 is 0 Å². The molecule has 0 bridgehead atoms. The molecule has 0 unspecified atom stereocenters. The van der Waals surface area contributed by atoms with Crippen molar-refractivity contribution < 1.29 is 9.90 Å². The molecule has 0 radical (unpaired) electrons. The van der Waals surface area contributed by atoms with Crippen LogP contribution in [-0.2, 0) is 17.8 Å². The van der Waals surface area contributed by atoms with Gasteiger partial charge in [0.15, 0.2) is 0 Å². The molecule has 0 fully saturated rings. The van der Waals surface area contributed by atoms with E-state index in [1.807, 2.05) is 60.3 Å². The number of rotatable bonds is 7. The van der Waals surface area contributed by atoms with E-state index in [2.05, 4.69) is 16.4 Å². The Labute approximate surface area is 197 Å². The number of carbonyl (C=O) groups excluding carboxylic acids is 1. The molecule has 1 aromatic carbocycles. The van der Waals surface area contributed by atoms with E-state index in [1.165, 1.54) is 0 Å². The molecule has 1 aliphatic heterocycles. The number of likely N-dealkylation sites (N-methyl/N-ethyl adjacent to an activating group) is 1. The maximum Gasteiger partial charge on any atom is 0.246 e. The summed E-state index contributed by atoms with van der Waals surface area (Å²) in [6, 6.07) is 11.6. The van der Waals surface area contributed by atoms with Gasteiger partial charge in [-0.2, -0.15) is 5.26 Å². The summed E-state index contributed by atoms with van der Waals surface area (Å²) >= 11 is 1.56. The maximum atomic E-state index is 12.6. The molecule has 2 N–H and O–H groups in total. The van der Waals surface area contributed by atoms with Gasteiger partial charge in [-0.05, 0) is 31.6 Å². The highest BCUT2D eigenvalue weighted by Crippen LogP contribution is 2.40. The van der Waals surface area contributed by atoms with E-state index in [1.54, 1.807) is 23.6 Å². The average Bonchev–Trinajstić information content (AvgIpc) is 3.20. The van der Waals surface area contributed by atoms with Crippen molar-refractivity contribution in [3.8, 4) is 6.07 Å². The second kappa shape index (κ2) is 10.1. The highest BCUT2D eigenvalue weighted by molar-refractivity contribution is 7.19. The third kappa shape index (κ3) is 4.91. The monoisotopic (exact) mass is 461 g/mol. The van der Waals surface area contributed by atoms with Crippen LogP contribution >= 0.6 is 11.3 Å². The third-order valence-electron chi connectivity index (χ3n) is 5.73. The molecule has 0 spiro atoms. The molecule has 0 aliphatic carbocycles. The molecule has 1 atom stereocenters. The number of aliphatic hydroxyl groups excluding tert-OH is 1. The quantitative estimate of drug-likeness (QED) is 0.525. The van der Waals surface area contributed by atoms with Crippen LogP contribution in [0.1, 0.15) is 27.6 Å². The molecule has 0 saturated heterocycles. The maximum absolute atomic E-state index is 12.6. The first kappa shape index (κ1) is 22.9. The molecule has 33 heavy (non-hydrogen) atoms. The Morgan fingerprint density at radius 2 is 2.18 bits per heavy atom. The number of benzene rings is 1. The molecular formula is C25H27N5O2S. The minimum atomic E-state index is -0.344. The van der Waals surface area contributed by atoms with Crippen molar-refractivity contribution in [3.05, 3.63) is 70.2 Å². The van der Waals surface area contributed by atoms with Crippen LogP contribution in [0, 0.1) is 11.3 Å². The number of anilines is 1. The van der Waals surface area contributed by atoms with Gasteiger partial charge in [0.05, 0.1) is 30.4 Å². The number of hydrogen-bond acceptors (Lipinski definition) is 7. The van der Waals surface area contributed by atoms with Crippen molar-refractivity contribution in [1.82, 2.24) is 14.8 Å². The number of pyridine rings is 1. The first-order valence-electron chi connectivity index (χ1n) is 10.9. The Morgan fingerprint density at radius 1 is 1.39 bits per heavy atom. The summed E-state index contributed by atoms with van der Waals surface area (Å²) < 4.78 is 0. The van der Waals surface area contributed by atoms with Crippen molar-refractivity contribution in [1.29, 1.82) is 5.26 Å². The normalized spacial score (nSPS) is 14.5. The average molecular weight is 462 g/mol. The summed E-state index contributed by atoms with van der Waals surface area (Å²) in [6.45, 7) is 1.76. The van der Waals surface area contributed by atoms with Crippen molar-refractivity contribution in [2.75, 3.05) is 39.1 Å². The number of thiophene rings is 1. The standard InChI is InChI=1S/C25H27N5O2S/c1-29(2)11-6-9-22(32)30-12-10-19-21(15-30)33-25-23(19)24(18(13-26)14-27-25)28-20(16-31)17-7-4-3-5-8-17/h3-9,14,20,31H,10-12,15-16H2,1-2H3,(H,27,28)/t20-/m1/s1. The van der Waals surface area contributed by atoms with Gasteiger partial charge in [0, 0.05) is 35.6 Å². The van der Waals surface area contributed by atoms with Crippen LogP contribution in [0.25, 0.3) is 10.2 Å². The Balaban J connectivity index is 1.66. The largest absolute Gasteiger partial charge is 0.394 e. The second-order valence-corrected chi connectivity index (χ2v) is 9.39. The van der Waals surface area contributed by atoms with Gasteiger partial charge in [0.1, 0.15) is 10.9 Å². The molecule has 3 heterocycles. The van der Waals surface area contributed by atoms with Crippen molar-refractivity contribution in [3.63, 3.8) is 0 Å². The van der Waals surface area contributed by atoms with Gasteiger partial charge in [-0.15, -0.1) is 11.3 Å². The van der Waals surface area contributed by atoms with Gasteiger partial charge in [0.2, 0.25) is 5.91 Å². The van der Waals surface area contributed by atoms with E-state index >= 15 is 0 Å². The fourth-order valence-electron chi connectivity index (χ4n) is 4.05. The van der Waals surface area contributed by atoms with Gasteiger partial charge in [-0.1, -0.05) is 36.4 Å². The summed E-state index contributed by atoms with van der Waals surface area (Å²) in [6.07, 6.45) is 5.80. The highest BCUT2D eigenvalue weighted by atomic mass is 32.1. The molecule has 0 saturated carbocycles. The summed E-state index contributed by atoms with van der Waals surface area (Å²) in [5.41, 5.74) is 3.23. The first-order valence-corrected chi connectivity index (χ1v) is 11.7. The summed E-state index contributed by atoms with van der Waals surface area (Å²) in [5.74, 6) is 0.00778. The lowest BCUT2D eigenvalue weighted by Crippen LogP contribution is -2.34. The van der Waals surface area contributed by atoms with Crippen molar-refractivity contribution >= 4 is 33.1 Å². The lowest BCUT2D eigenvalue weighted by molar-refractivity contribution is -0.126. The molecule has 1 amide bonds. The summed E-state index contributed by atoms with van der Waals surface area (Å²) in [5, 5.41) is 24.2. The number of hydrogen-bond donors (Lipinski definition) is 2. The fourth-order valence-corrected chi connectivity index (χ4v) is 5.26. The molecular weight excluding hydrogens is 434 g/mol. The smallest absolute Gasteiger partial charge is 0.246 e. The molecule has 7 nitrogen and oxygen atoms in total. The van der Waals surface area contributed by atoms with Crippen LogP contribution in [0.15, 0.2) is 48.7 Å². The van der Waals surface area contributed by atoms with Crippen LogP contribution in [0.3, 0.4) is 0 Å². The Bertz CT molecular complexity index is 1210. The van der Waals surface area contributed by atoms with Gasteiger partial charge in [-0.25, -0.2) is 4.98 Å². The molecule has 4 rings (SSSR count). The molecule has 3 aromatic rings. The van der Waals surface area contributed by atoms with E-state index in [0.29, 0.717) is 30.8 Å². The zero-order valence-electron chi connectivity index (χ0n) is 18.8. The summed E-state index contributed by atoms with van der Waals surface area (Å²) in [4.78, 5) is 23.0. The number of carbonyl (C=O) groups is 1. The van der Waals surface area contributed by atoms with Crippen molar-refractivity contribution in [2.45, 2.75) is 19.0 Å². The minimum Gasteiger partial charge on any atom is -0.394 e. The predicted molar refractivity (Wildman–Crippen MR) is 131 cm³/mol. The molecule has 170 valence electrons. The Morgan fingerprint density at radius 3 is 2.88 bits per heavy atom. The van der Waals surface area contributed by atoms with E-state index in [9.17, 15) is 15.2 Å². The Hall–Kier alpha value is -3.25. The van der Waals surface area contributed by atoms with Crippen LogP contribution in [0.5, 0.6) is 0 Å². The van der Waals surface area contributed by atoms with Crippen molar-refractivity contribution in [2.24, 2.45) is 0 Å². The van der Waals surface area contributed by atoms with Crippen LogP contribution in [0.4, 0.5) is 5.69 Å². The fraction of sp³-hybridized carbons (Fsp3) is 0.320. The second-order valence-electron chi connectivity index (χ2n) is 8.31. The number of fused-ring (bicyclic) bond motifs is 3. The predicted octanol–water partition coefficient (Wildman–Crippen LogP) is 3.32. The van der Waals surface area contributed by atoms with Gasteiger partial charge in [0.25, 0.3) is 0 Å². The van der Waals surface area contributed by atoms with Crippen LogP contribution in [0.2, 0.25) is 0 Å². The topological polar surface area (TPSA) is 92.5 Å². The molecule has 2 aromatic heterocycles. The molecule has 8 heteroatoms. The van der Waals surface area contributed by atoms with Gasteiger partial charge < -0.3 is 20.2 Å². The van der Waals surface area contributed by atoms with Crippen LogP contribution in [-0.4, -0.2) is 59.6 Å². The SMILES string of the molecule is CN(C)CC=CC(=O)N1CCc2c(sc3ncc(C#N)c(N[C@H](CO)c4ccccc4)c23)C1. The number of aromatic nitrogens is 1. The number of amides is 1. The van der Waals surface area contributed by atoms with E-state index in [0.717, 1.165) is 32.8 Å². The zero-order valence-corrected chi connectivity index (χ0v) is 19.6. The highest BCUT2D eigenvalue weighted by Gasteiger charge is 2.27. The number of nitrogens with one attached hydrogen (secondary N) is 1. The van der Waals surface area contributed by atoms with Gasteiger partial charge in [-0.3, -0.25) is 4.79 Å². The minimum absolute atomic E-state index is 0.00778. The lowest BCUT2D eigenvalue weighted by Gasteiger charge is -2.26. The van der Waals surface area contributed by atoms with Crippen LogP contribution < -0.4 is 5.32 Å². The van der Waals surface area contributed by atoms with E-state index in [4.69, 9.17) is 0 Å². The number of nitrogens with zero attached hydrogens (tertiary/aromatic N) is 4. The number of nitriles is 1. The van der Waals surface area contributed by atoms with E-state index in [-0.39, 0.29) is 18.6 Å². The third-order valence-corrected chi connectivity index (χ3v) is 6.86. The zero-order chi connectivity index (χ0) is 23.4. The van der Waals surface area contributed by atoms with Gasteiger partial charge >= 0.3 is 0 Å².